The predicted octanol–water partition coefficient (Wildman–Crippen LogP) is 4.31. The summed E-state index contributed by atoms with van der Waals surface area (Å²) >= 11 is 0. The lowest BCUT2D eigenvalue weighted by Gasteiger charge is -2.24. The molecule has 1 fully saturated rings. The van der Waals surface area contributed by atoms with Crippen LogP contribution in [0.1, 0.15) is 44.6 Å². The summed E-state index contributed by atoms with van der Waals surface area (Å²) in [6.07, 6.45) is 6.92. The van der Waals surface area contributed by atoms with Gasteiger partial charge in [-0.1, -0.05) is 38.7 Å². The molecule has 2 rings (SSSR count). The Morgan fingerprint density at radius 3 is 2.65 bits per heavy atom. The summed E-state index contributed by atoms with van der Waals surface area (Å²) in [5.41, 5.74) is 0.654. The molecule has 0 bridgehead atoms. The van der Waals surface area contributed by atoms with Gasteiger partial charge in [0.2, 0.25) is 0 Å². The molecular weight excluding hydrogens is 256 g/mol. The first kappa shape index (κ1) is 15.4. The molecule has 0 aromatic heterocycles. The fourth-order valence-corrected chi connectivity index (χ4v) is 3.27. The van der Waals surface area contributed by atoms with E-state index in [0.717, 1.165) is 25.6 Å². The van der Waals surface area contributed by atoms with Crippen LogP contribution < -0.4 is 5.32 Å². The van der Waals surface area contributed by atoms with Gasteiger partial charge in [-0.3, -0.25) is 0 Å². The smallest absolute Gasteiger partial charge is 0.129 e. The van der Waals surface area contributed by atoms with Gasteiger partial charge in [-0.15, -0.1) is 0 Å². The Bertz CT molecular complexity index is 413. The molecule has 1 unspecified atom stereocenters. The Labute approximate surface area is 120 Å². The molecule has 1 atom stereocenters. The van der Waals surface area contributed by atoms with E-state index in [0.29, 0.717) is 23.8 Å². The molecule has 0 aliphatic heterocycles. The molecule has 1 aliphatic carbocycles. The quantitative estimate of drug-likeness (QED) is 0.734. The molecule has 0 amide bonds. The fourth-order valence-electron chi connectivity index (χ4n) is 3.27. The minimum absolute atomic E-state index is 0.400. The molecule has 20 heavy (non-hydrogen) atoms. The largest absolute Gasteiger partial charge is 0.316 e. The van der Waals surface area contributed by atoms with Crippen LogP contribution in [0.4, 0.5) is 8.78 Å². The molecule has 1 N–H and O–H groups in total. The Balaban J connectivity index is 2.01. The summed E-state index contributed by atoms with van der Waals surface area (Å²) < 4.78 is 26.8. The highest BCUT2D eigenvalue weighted by atomic mass is 19.1. The normalized spacial score (nSPS) is 17.6. The molecule has 1 aliphatic rings. The van der Waals surface area contributed by atoms with E-state index in [-0.39, 0.29) is 0 Å². The summed E-state index contributed by atoms with van der Waals surface area (Å²) in [5, 5.41) is 3.47. The second kappa shape index (κ2) is 7.72. The molecule has 1 aromatic rings. The maximum Gasteiger partial charge on any atom is 0.129 e. The van der Waals surface area contributed by atoms with E-state index in [1.807, 2.05) is 0 Å². The first-order valence-electron chi connectivity index (χ1n) is 7.85. The Kier molecular flexibility index (Phi) is 5.96. The van der Waals surface area contributed by atoms with E-state index in [1.54, 1.807) is 6.07 Å². The van der Waals surface area contributed by atoms with Crippen molar-refractivity contribution in [1.82, 2.24) is 5.32 Å². The van der Waals surface area contributed by atoms with Crippen molar-refractivity contribution < 1.29 is 8.78 Å². The fraction of sp³-hybridized carbons (Fsp3) is 0.647. The van der Waals surface area contributed by atoms with Crippen molar-refractivity contribution in [3.8, 4) is 0 Å². The lowest BCUT2D eigenvalue weighted by atomic mass is 9.85. The van der Waals surface area contributed by atoms with Crippen molar-refractivity contribution in [3.63, 3.8) is 0 Å². The van der Waals surface area contributed by atoms with Crippen molar-refractivity contribution in [2.75, 3.05) is 13.1 Å². The molecule has 1 saturated carbocycles. The first-order chi connectivity index (χ1) is 9.70. The highest BCUT2D eigenvalue weighted by Crippen LogP contribution is 2.33. The van der Waals surface area contributed by atoms with Gasteiger partial charge in [0.1, 0.15) is 11.6 Å². The van der Waals surface area contributed by atoms with E-state index < -0.39 is 11.6 Å². The SMILES string of the molecule is CCCNCC(Cc1ccc(F)cc1F)C1CCCC1. The predicted molar refractivity (Wildman–Crippen MR) is 78.7 cm³/mol. The number of hydrogen-bond acceptors (Lipinski definition) is 1. The number of rotatable bonds is 7. The monoisotopic (exact) mass is 281 g/mol. The molecule has 3 heteroatoms. The van der Waals surface area contributed by atoms with Gasteiger partial charge in [-0.2, -0.15) is 0 Å². The van der Waals surface area contributed by atoms with E-state index in [1.165, 1.54) is 31.7 Å². The van der Waals surface area contributed by atoms with Gasteiger partial charge in [0, 0.05) is 6.07 Å². The van der Waals surface area contributed by atoms with Crippen molar-refractivity contribution in [2.24, 2.45) is 11.8 Å². The van der Waals surface area contributed by atoms with Crippen LogP contribution in [0.25, 0.3) is 0 Å². The van der Waals surface area contributed by atoms with Crippen molar-refractivity contribution in [3.05, 3.63) is 35.4 Å². The van der Waals surface area contributed by atoms with Crippen LogP contribution in [0.15, 0.2) is 18.2 Å². The zero-order valence-electron chi connectivity index (χ0n) is 12.3. The van der Waals surface area contributed by atoms with E-state index >= 15 is 0 Å². The maximum absolute atomic E-state index is 13.8. The standard InChI is InChI=1S/C17H25F2N/c1-2-9-20-12-15(13-5-3-4-6-13)10-14-7-8-16(18)11-17(14)19/h7-8,11,13,15,20H,2-6,9-10,12H2,1H3. The van der Waals surface area contributed by atoms with Gasteiger partial charge in [0.15, 0.2) is 0 Å². The maximum atomic E-state index is 13.8. The Hall–Kier alpha value is -0.960. The molecule has 1 aromatic carbocycles. The van der Waals surface area contributed by atoms with Gasteiger partial charge in [0.05, 0.1) is 0 Å². The molecule has 0 radical (unpaired) electrons. The number of nitrogens with one attached hydrogen (secondary N) is 1. The molecule has 112 valence electrons. The summed E-state index contributed by atoms with van der Waals surface area (Å²) in [5.74, 6) is 0.254. The van der Waals surface area contributed by atoms with E-state index in [9.17, 15) is 8.78 Å². The van der Waals surface area contributed by atoms with Crippen LogP contribution >= 0.6 is 0 Å². The Morgan fingerprint density at radius 2 is 2.00 bits per heavy atom. The molecule has 0 heterocycles. The lowest BCUT2D eigenvalue weighted by molar-refractivity contribution is 0.318. The molecular formula is C17H25F2N. The molecule has 1 nitrogen and oxygen atoms in total. The van der Waals surface area contributed by atoms with Crippen molar-refractivity contribution in [2.45, 2.75) is 45.4 Å². The van der Waals surface area contributed by atoms with Crippen LogP contribution in [-0.2, 0) is 6.42 Å². The van der Waals surface area contributed by atoms with Gasteiger partial charge in [-0.25, -0.2) is 8.78 Å². The lowest BCUT2D eigenvalue weighted by Crippen LogP contribution is -2.29. The average Bonchev–Trinajstić information content (AvgIpc) is 2.94. The summed E-state index contributed by atoms with van der Waals surface area (Å²) in [6, 6.07) is 3.97. The third-order valence-corrected chi connectivity index (χ3v) is 4.40. The first-order valence-corrected chi connectivity index (χ1v) is 7.85. The highest BCUT2D eigenvalue weighted by molar-refractivity contribution is 5.19. The number of benzene rings is 1. The minimum atomic E-state index is -0.493. The third-order valence-electron chi connectivity index (χ3n) is 4.40. The average molecular weight is 281 g/mol. The second-order valence-electron chi connectivity index (χ2n) is 5.95. The summed E-state index contributed by atoms with van der Waals surface area (Å²) in [7, 11) is 0. The Morgan fingerprint density at radius 1 is 1.25 bits per heavy atom. The van der Waals surface area contributed by atoms with Crippen molar-refractivity contribution >= 4 is 0 Å². The van der Waals surface area contributed by atoms with Crippen LogP contribution in [0.2, 0.25) is 0 Å². The number of halogens is 2. The zero-order valence-corrected chi connectivity index (χ0v) is 12.3. The molecule has 0 spiro atoms. The highest BCUT2D eigenvalue weighted by Gasteiger charge is 2.25. The molecule has 0 saturated heterocycles. The van der Waals surface area contributed by atoms with Gasteiger partial charge < -0.3 is 5.32 Å². The third kappa shape index (κ3) is 4.27. The van der Waals surface area contributed by atoms with Crippen LogP contribution in [-0.4, -0.2) is 13.1 Å². The van der Waals surface area contributed by atoms with Gasteiger partial charge in [-0.05, 0) is 49.4 Å². The van der Waals surface area contributed by atoms with Crippen LogP contribution in [0, 0.1) is 23.5 Å². The van der Waals surface area contributed by atoms with Gasteiger partial charge in [0.25, 0.3) is 0 Å². The summed E-state index contributed by atoms with van der Waals surface area (Å²) in [6.45, 7) is 4.10. The minimum Gasteiger partial charge on any atom is -0.316 e. The zero-order chi connectivity index (χ0) is 14.4. The van der Waals surface area contributed by atoms with E-state index in [4.69, 9.17) is 0 Å². The summed E-state index contributed by atoms with van der Waals surface area (Å²) in [4.78, 5) is 0. The van der Waals surface area contributed by atoms with Gasteiger partial charge >= 0.3 is 0 Å². The van der Waals surface area contributed by atoms with Crippen LogP contribution in [0.3, 0.4) is 0 Å². The van der Waals surface area contributed by atoms with E-state index in [2.05, 4.69) is 12.2 Å². The topological polar surface area (TPSA) is 12.0 Å². The number of hydrogen-bond donors (Lipinski definition) is 1. The second-order valence-corrected chi connectivity index (χ2v) is 5.95. The van der Waals surface area contributed by atoms with Crippen LogP contribution in [0.5, 0.6) is 0 Å². The van der Waals surface area contributed by atoms with Crippen molar-refractivity contribution in [1.29, 1.82) is 0 Å².